The maximum absolute atomic E-state index is 12.3. The smallest absolute Gasteiger partial charge is 0.258 e. The van der Waals surface area contributed by atoms with E-state index in [-0.39, 0.29) is 29.4 Å². The van der Waals surface area contributed by atoms with Crippen LogP contribution in [0.2, 0.25) is 0 Å². The number of amides is 1. The second-order valence-corrected chi connectivity index (χ2v) is 9.99. The minimum absolute atomic E-state index is 0.156. The van der Waals surface area contributed by atoms with E-state index >= 15 is 0 Å². The van der Waals surface area contributed by atoms with Crippen molar-refractivity contribution in [2.24, 2.45) is 5.92 Å². The number of halogens is 1. The van der Waals surface area contributed by atoms with Crippen LogP contribution in [0, 0.1) is 12.8 Å². The Bertz CT molecular complexity index is 961. The summed E-state index contributed by atoms with van der Waals surface area (Å²) in [7, 11) is -3.56. The molecule has 0 aromatic heterocycles. The maximum atomic E-state index is 12.3. The Balaban J connectivity index is 1.96. The summed E-state index contributed by atoms with van der Waals surface area (Å²) in [4.78, 5) is 12.4. The molecule has 2 aromatic rings. The van der Waals surface area contributed by atoms with Gasteiger partial charge >= 0.3 is 0 Å². The maximum Gasteiger partial charge on any atom is 0.258 e. The average Bonchev–Trinajstić information content (AvgIpc) is 2.65. The third-order valence-corrected chi connectivity index (χ3v) is 6.14. The normalized spacial score (nSPS) is 12.6. The number of carbonyl (C=O) groups is 1. The molecule has 0 radical (unpaired) electrons. The lowest BCUT2D eigenvalue weighted by molar-refractivity contribution is -0.123. The van der Waals surface area contributed by atoms with Gasteiger partial charge in [-0.3, -0.25) is 4.79 Å². The molecule has 0 unspecified atom stereocenters. The summed E-state index contributed by atoms with van der Waals surface area (Å²) in [6, 6.07) is 12.1. The molecule has 2 aromatic carbocycles. The molecular formula is C21H27BrN2O4S. The van der Waals surface area contributed by atoms with Gasteiger partial charge in [-0.25, -0.2) is 13.1 Å². The Labute approximate surface area is 181 Å². The van der Waals surface area contributed by atoms with Gasteiger partial charge in [0, 0.05) is 11.0 Å². The zero-order chi connectivity index (χ0) is 21.6. The molecule has 0 saturated carbocycles. The highest BCUT2D eigenvalue weighted by Gasteiger charge is 2.16. The number of carbonyl (C=O) groups excluding carboxylic acids is 1. The van der Waals surface area contributed by atoms with E-state index in [1.54, 1.807) is 19.1 Å². The van der Waals surface area contributed by atoms with E-state index < -0.39 is 10.0 Å². The third kappa shape index (κ3) is 7.13. The summed E-state index contributed by atoms with van der Waals surface area (Å²) in [5.41, 5.74) is 1.62. The largest absolute Gasteiger partial charge is 0.484 e. The monoisotopic (exact) mass is 482 g/mol. The predicted octanol–water partition coefficient (Wildman–Crippen LogP) is 3.95. The molecule has 29 heavy (non-hydrogen) atoms. The molecule has 0 bridgehead atoms. The van der Waals surface area contributed by atoms with E-state index in [0.717, 1.165) is 10.0 Å². The molecule has 0 fully saturated rings. The number of aryl methyl sites for hydroxylation is 1. The van der Waals surface area contributed by atoms with Gasteiger partial charge in [-0.05, 0) is 61.2 Å². The summed E-state index contributed by atoms with van der Waals surface area (Å²) in [6.45, 7) is 7.74. The minimum Gasteiger partial charge on any atom is -0.484 e. The topological polar surface area (TPSA) is 84.5 Å². The van der Waals surface area contributed by atoms with Crippen LogP contribution in [0.4, 0.5) is 0 Å². The number of benzene rings is 2. The highest BCUT2D eigenvalue weighted by atomic mass is 79.9. The van der Waals surface area contributed by atoms with Gasteiger partial charge in [0.15, 0.2) is 6.61 Å². The molecule has 0 heterocycles. The van der Waals surface area contributed by atoms with Crippen molar-refractivity contribution in [1.82, 2.24) is 10.0 Å². The SMILES string of the molecule is Cc1cc(S(=O)(=O)NCC(C)C)ccc1OCC(=O)N[C@H](C)c1cccc(Br)c1. The van der Waals surface area contributed by atoms with Gasteiger partial charge < -0.3 is 10.1 Å². The van der Waals surface area contributed by atoms with Gasteiger partial charge in [-0.15, -0.1) is 0 Å². The fourth-order valence-electron chi connectivity index (χ4n) is 2.60. The molecule has 0 saturated heterocycles. The quantitative estimate of drug-likeness (QED) is 0.566. The first-order valence-electron chi connectivity index (χ1n) is 9.36. The summed E-state index contributed by atoms with van der Waals surface area (Å²) in [5.74, 6) is 0.427. The molecule has 2 rings (SSSR count). The third-order valence-electron chi connectivity index (χ3n) is 4.22. The van der Waals surface area contributed by atoms with E-state index in [4.69, 9.17) is 4.74 Å². The van der Waals surface area contributed by atoms with Crippen LogP contribution >= 0.6 is 15.9 Å². The van der Waals surface area contributed by atoms with Crippen LogP contribution in [0.25, 0.3) is 0 Å². The molecule has 1 atom stereocenters. The van der Waals surface area contributed by atoms with Crippen LogP contribution in [-0.4, -0.2) is 27.5 Å². The van der Waals surface area contributed by atoms with Gasteiger partial charge in [0.1, 0.15) is 5.75 Å². The van der Waals surface area contributed by atoms with Crippen LogP contribution in [0.15, 0.2) is 51.8 Å². The lowest BCUT2D eigenvalue weighted by Gasteiger charge is -2.16. The van der Waals surface area contributed by atoms with Crippen molar-refractivity contribution in [3.8, 4) is 5.75 Å². The number of hydrogen-bond donors (Lipinski definition) is 2. The number of sulfonamides is 1. The summed E-state index contributed by atoms with van der Waals surface area (Å²) >= 11 is 3.42. The van der Waals surface area contributed by atoms with Crippen molar-refractivity contribution in [3.63, 3.8) is 0 Å². The Kier molecular flexibility index (Phi) is 8.24. The van der Waals surface area contributed by atoms with E-state index in [1.165, 1.54) is 6.07 Å². The molecular weight excluding hydrogens is 456 g/mol. The van der Waals surface area contributed by atoms with Gasteiger partial charge in [0.25, 0.3) is 5.91 Å². The van der Waals surface area contributed by atoms with Crippen LogP contribution in [0.3, 0.4) is 0 Å². The first-order chi connectivity index (χ1) is 13.6. The van der Waals surface area contributed by atoms with E-state index in [9.17, 15) is 13.2 Å². The van der Waals surface area contributed by atoms with Gasteiger partial charge in [0.05, 0.1) is 10.9 Å². The van der Waals surface area contributed by atoms with E-state index in [2.05, 4.69) is 26.0 Å². The zero-order valence-corrected chi connectivity index (χ0v) is 19.4. The van der Waals surface area contributed by atoms with Crippen molar-refractivity contribution in [3.05, 3.63) is 58.1 Å². The first kappa shape index (κ1) is 23.4. The second-order valence-electron chi connectivity index (χ2n) is 7.31. The molecule has 8 heteroatoms. The first-order valence-corrected chi connectivity index (χ1v) is 11.6. The Morgan fingerprint density at radius 3 is 2.48 bits per heavy atom. The molecule has 0 aliphatic heterocycles. The Morgan fingerprint density at radius 2 is 1.86 bits per heavy atom. The fraction of sp³-hybridized carbons (Fsp3) is 0.381. The number of rotatable bonds is 9. The predicted molar refractivity (Wildman–Crippen MR) is 117 cm³/mol. The lowest BCUT2D eigenvalue weighted by atomic mass is 10.1. The molecule has 0 spiro atoms. The van der Waals surface area contributed by atoms with Crippen LogP contribution in [0.5, 0.6) is 5.75 Å². The molecule has 1 amide bonds. The van der Waals surface area contributed by atoms with Crippen LogP contribution in [0.1, 0.15) is 37.9 Å². The lowest BCUT2D eigenvalue weighted by Crippen LogP contribution is -2.31. The molecule has 6 nitrogen and oxygen atoms in total. The van der Waals surface area contributed by atoms with Gasteiger partial charge in [0.2, 0.25) is 10.0 Å². The standard InChI is InChI=1S/C21H27BrN2O4S/c1-14(2)12-23-29(26,27)19-8-9-20(15(3)10-19)28-13-21(25)24-16(4)17-6-5-7-18(22)11-17/h5-11,14,16,23H,12-13H2,1-4H3,(H,24,25)/t16-/m1/s1. The molecule has 158 valence electrons. The molecule has 0 aliphatic carbocycles. The highest BCUT2D eigenvalue weighted by molar-refractivity contribution is 9.10. The molecule has 2 N–H and O–H groups in total. The number of hydrogen-bond acceptors (Lipinski definition) is 4. The summed E-state index contributed by atoms with van der Waals surface area (Å²) in [5, 5.41) is 2.89. The van der Waals surface area contributed by atoms with Crippen LogP contribution < -0.4 is 14.8 Å². The average molecular weight is 483 g/mol. The fourth-order valence-corrected chi connectivity index (χ4v) is 4.31. The minimum atomic E-state index is -3.56. The zero-order valence-electron chi connectivity index (χ0n) is 17.0. The van der Waals surface area contributed by atoms with Crippen molar-refractivity contribution >= 4 is 31.9 Å². The van der Waals surface area contributed by atoms with E-state index in [0.29, 0.717) is 17.9 Å². The second kappa shape index (κ2) is 10.2. The van der Waals surface area contributed by atoms with Gasteiger partial charge in [-0.1, -0.05) is 41.9 Å². The highest BCUT2D eigenvalue weighted by Crippen LogP contribution is 2.22. The van der Waals surface area contributed by atoms with Crippen molar-refractivity contribution in [1.29, 1.82) is 0 Å². The van der Waals surface area contributed by atoms with Crippen molar-refractivity contribution < 1.29 is 17.9 Å². The number of ether oxygens (including phenoxy) is 1. The van der Waals surface area contributed by atoms with Crippen molar-refractivity contribution in [2.45, 2.75) is 38.6 Å². The molecule has 0 aliphatic rings. The van der Waals surface area contributed by atoms with Gasteiger partial charge in [-0.2, -0.15) is 0 Å². The van der Waals surface area contributed by atoms with Crippen molar-refractivity contribution in [2.75, 3.05) is 13.2 Å². The van der Waals surface area contributed by atoms with E-state index in [1.807, 2.05) is 45.0 Å². The summed E-state index contributed by atoms with van der Waals surface area (Å²) < 4.78 is 33.8. The Morgan fingerprint density at radius 1 is 1.14 bits per heavy atom. The van der Waals surface area contributed by atoms with Crippen LogP contribution in [-0.2, 0) is 14.8 Å². The number of nitrogens with one attached hydrogen (secondary N) is 2. The Hall–Kier alpha value is -1.90. The summed E-state index contributed by atoms with van der Waals surface area (Å²) in [6.07, 6.45) is 0.